The van der Waals surface area contributed by atoms with Gasteiger partial charge in [0.15, 0.2) is 0 Å². The summed E-state index contributed by atoms with van der Waals surface area (Å²) in [6.45, 7) is 7.17. The number of halogens is 1. The summed E-state index contributed by atoms with van der Waals surface area (Å²) in [5.74, 6) is 0.851. The normalized spacial score (nSPS) is 15.3. The maximum absolute atomic E-state index is 12.0. The molecule has 1 heterocycles. The van der Waals surface area contributed by atoms with E-state index < -0.39 is 0 Å². The minimum Gasteiger partial charge on any atom is -0.461 e. The summed E-state index contributed by atoms with van der Waals surface area (Å²) in [5.41, 5.74) is 1.20. The van der Waals surface area contributed by atoms with Crippen molar-refractivity contribution < 1.29 is 14.3 Å². The first-order chi connectivity index (χ1) is 11.1. The van der Waals surface area contributed by atoms with E-state index in [1.165, 1.54) is 11.8 Å². The van der Waals surface area contributed by atoms with Gasteiger partial charge < -0.3 is 15.0 Å². The van der Waals surface area contributed by atoms with Crippen molar-refractivity contribution in [1.82, 2.24) is 10.2 Å². The average Bonchev–Trinajstić information content (AvgIpc) is 2.97. The third kappa shape index (κ3) is 6.14. The molecule has 0 aromatic heterocycles. The van der Waals surface area contributed by atoms with E-state index in [0.29, 0.717) is 29.4 Å². The first-order valence-electron chi connectivity index (χ1n) is 7.63. The number of benzene rings is 1. The number of carbonyl (C=O) groups is 2. The van der Waals surface area contributed by atoms with Gasteiger partial charge in [0.2, 0.25) is 0 Å². The Morgan fingerprint density at radius 1 is 1.29 bits per heavy atom. The molecule has 1 N–H and O–H groups in total. The van der Waals surface area contributed by atoms with Crippen molar-refractivity contribution in [2.24, 2.45) is 4.99 Å². The van der Waals surface area contributed by atoms with Crippen LogP contribution in [0, 0.1) is 0 Å². The molecule has 0 atom stereocenters. The summed E-state index contributed by atoms with van der Waals surface area (Å²) in [4.78, 5) is 29.6. The van der Waals surface area contributed by atoms with Crippen LogP contribution in [0.15, 0.2) is 29.3 Å². The van der Waals surface area contributed by atoms with Gasteiger partial charge in [-0.25, -0.2) is 9.79 Å². The van der Waals surface area contributed by atoms with Gasteiger partial charge in [-0.05, 0) is 37.4 Å². The molecule has 1 aromatic rings. The van der Waals surface area contributed by atoms with Crippen LogP contribution < -0.4 is 5.32 Å². The number of nitrogens with one attached hydrogen (secondary N) is 1. The molecule has 2 rings (SSSR count). The van der Waals surface area contributed by atoms with Gasteiger partial charge in [-0.1, -0.05) is 25.6 Å². The molecule has 1 aromatic carbocycles. The van der Waals surface area contributed by atoms with Gasteiger partial charge in [-0.15, -0.1) is 12.4 Å². The van der Waals surface area contributed by atoms with Gasteiger partial charge in [-0.2, -0.15) is 0 Å². The molecule has 0 saturated carbocycles. The fraction of sp³-hybridized carbons (Fsp3) is 0.438. The van der Waals surface area contributed by atoms with Crippen LogP contribution >= 0.6 is 24.2 Å². The smallest absolute Gasteiger partial charge is 0.338 e. The minimum absolute atomic E-state index is 0. The Morgan fingerprint density at radius 2 is 1.96 bits per heavy atom. The van der Waals surface area contributed by atoms with Crippen molar-refractivity contribution in [3.8, 4) is 0 Å². The van der Waals surface area contributed by atoms with E-state index in [2.05, 4.69) is 29.1 Å². The molecular weight excluding hydrogens is 350 g/mol. The predicted octanol–water partition coefficient (Wildman–Crippen LogP) is 3.09. The number of hydrogen-bond donors (Lipinski definition) is 1. The first kappa shape index (κ1) is 20.5. The summed E-state index contributed by atoms with van der Waals surface area (Å²) in [5, 5.41) is 2.58. The minimum atomic E-state index is -0.332. The van der Waals surface area contributed by atoms with E-state index in [1.54, 1.807) is 24.3 Å². The number of ether oxygens (including phenoxy) is 1. The zero-order chi connectivity index (χ0) is 16.7. The van der Waals surface area contributed by atoms with E-state index in [9.17, 15) is 9.59 Å². The summed E-state index contributed by atoms with van der Waals surface area (Å²) in [7, 11) is 0. The lowest BCUT2D eigenvalue weighted by molar-refractivity contribution is 0.0466. The van der Waals surface area contributed by atoms with Gasteiger partial charge in [-0.3, -0.25) is 4.79 Å². The maximum atomic E-state index is 12.0. The van der Waals surface area contributed by atoms with Crippen molar-refractivity contribution in [2.75, 3.05) is 32.0 Å². The number of hydrogen-bond acceptors (Lipinski definition) is 6. The standard InChI is InChI=1S/C16H21N3O3S.ClH/c1-3-19(4-2)9-10-22-15(20)12-5-7-13(8-6-12)17-14-11-23-16(21)18-14;/h5-8H,3-4,9-11H2,1-2H3,(H,17,18,21);1H. The Labute approximate surface area is 152 Å². The number of aliphatic imine (C=N–C) groups is 1. The highest BCUT2D eigenvalue weighted by Crippen LogP contribution is 2.17. The first-order valence-corrected chi connectivity index (χ1v) is 8.61. The lowest BCUT2D eigenvalue weighted by Gasteiger charge is -2.17. The number of esters is 1. The Bertz CT molecular complexity index is 589. The summed E-state index contributed by atoms with van der Waals surface area (Å²) < 4.78 is 5.27. The van der Waals surface area contributed by atoms with Crippen molar-refractivity contribution in [3.05, 3.63) is 29.8 Å². The van der Waals surface area contributed by atoms with Gasteiger partial charge in [0.25, 0.3) is 5.24 Å². The Hall–Kier alpha value is -1.57. The fourth-order valence-electron chi connectivity index (χ4n) is 2.10. The molecule has 0 radical (unpaired) electrons. The zero-order valence-electron chi connectivity index (χ0n) is 13.8. The van der Waals surface area contributed by atoms with Crippen molar-refractivity contribution in [1.29, 1.82) is 0 Å². The molecule has 0 unspecified atom stereocenters. The average molecular weight is 372 g/mol. The van der Waals surface area contributed by atoms with Crippen LogP contribution in [0.25, 0.3) is 0 Å². The fourth-order valence-corrected chi connectivity index (χ4v) is 2.70. The third-order valence-corrected chi connectivity index (χ3v) is 4.27. The van der Waals surface area contributed by atoms with Crippen LogP contribution in [0.1, 0.15) is 24.2 Å². The monoisotopic (exact) mass is 371 g/mol. The van der Waals surface area contributed by atoms with Crippen LogP contribution in [0.3, 0.4) is 0 Å². The number of likely N-dealkylation sites (N-methyl/N-ethyl adjacent to an activating group) is 1. The van der Waals surface area contributed by atoms with Crippen LogP contribution in [-0.2, 0) is 4.74 Å². The number of thioether (sulfide) groups is 1. The second-order valence-electron chi connectivity index (χ2n) is 4.97. The molecule has 1 saturated heterocycles. The second kappa shape index (κ2) is 10.3. The van der Waals surface area contributed by atoms with E-state index in [0.717, 1.165) is 19.6 Å². The number of rotatable bonds is 7. The van der Waals surface area contributed by atoms with Crippen molar-refractivity contribution in [3.63, 3.8) is 0 Å². The third-order valence-electron chi connectivity index (χ3n) is 3.49. The lowest BCUT2D eigenvalue weighted by Crippen LogP contribution is -2.27. The molecule has 0 bridgehead atoms. The molecule has 8 heteroatoms. The van der Waals surface area contributed by atoms with Crippen LogP contribution in [0.4, 0.5) is 10.5 Å². The van der Waals surface area contributed by atoms with Crippen molar-refractivity contribution >= 4 is 46.9 Å². The van der Waals surface area contributed by atoms with Gasteiger partial charge in [0.05, 0.1) is 17.0 Å². The van der Waals surface area contributed by atoms with Crippen LogP contribution in [0.5, 0.6) is 0 Å². The molecule has 1 aliphatic rings. The quantitative estimate of drug-likeness (QED) is 0.746. The molecule has 0 aliphatic carbocycles. The number of amides is 1. The number of nitrogens with zero attached hydrogens (tertiary/aromatic N) is 2. The summed E-state index contributed by atoms with van der Waals surface area (Å²) in [6.07, 6.45) is 0. The van der Waals surface area contributed by atoms with Gasteiger partial charge in [0.1, 0.15) is 12.4 Å². The lowest BCUT2D eigenvalue weighted by atomic mass is 10.2. The van der Waals surface area contributed by atoms with Crippen LogP contribution in [0.2, 0.25) is 0 Å². The highest BCUT2D eigenvalue weighted by molar-refractivity contribution is 8.14. The Kier molecular flexibility index (Phi) is 8.81. The van der Waals surface area contributed by atoms with Crippen molar-refractivity contribution in [2.45, 2.75) is 13.8 Å². The maximum Gasteiger partial charge on any atom is 0.338 e. The second-order valence-corrected chi connectivity index (χ2v) is 5.92. The zero-order valence-corrected chi connectivity index (χ0v) is 15.4. The molecule has 6 nitrogen and oxygen atoms in total. The SMILES string of the molecule is CCN(CC)CCOC(=O)c1ccc(N=C2CSC(=O)N2)cc1.Cl. The molecule has 24 heavy (non-hydrogen) atoms. The summed E-state index contributed by atoms with van der Waals surface area (Å²) in [6, 6.07) is 6.85. The highest BCUT2D eigenvalue weighted by atomic mass is 35.5. The predicted molar refractivity (Wildman–Crippen MR) is 99.8 cm³/mol. The van der Waals surface area contributed by atoms with Gasteiger partial charge in [0, 0.05) is 6.54 Å². The van der Waals surface area contributed by atoms with E-state index in [-0.39, 0.29) is 23.6 Å². The number of carbonyl (C=O) groups excluding carboxylic acids is 2. The molecule has 0 spiro atoms. The molecular formula is C16H22ClN3O3S. The van der Waals surface area contributed by atoms with E-state index in [4.69, 9.17) is 4.74 Å². The van der Waals surface area contributed by atoms with Gasteiger partial charge >= 0.3 is 5.97 Å². The molecule has 132 valence electrons. The Morgan fingerprint density at radius 3 is 2.50 bits per heavy atom. The van der Waals surface area contributed by atoms with E-state index in [1.807, 2.05) is 0 Å². The topological polar surface area (TPSA) is 71.0 Å². The highest BCUT2D eigenvalue weighted by Gasteiger charge is 2.16. The van der Waals surface area contributed by atoms with Crippen LogP contribution in [-0.4, -0.2) is 53.9 Å². The molecule has 1 fully saturated rings. The van der Waals surface area contributed by atoms with E-state index >= 15 is 0 Å². The Balaban J connectivity index is 0.00000288. The molecule has 1 aliphatic heterocycles. The molecule has 1 amide bonds. The summed E-state index contributed by atoms with van der Waals surface area (Å²) >= 11 is 1.19. The largest absolute Gasteiger partial charge is 0.461 e. The number of amidine groups is 1.